The number of rotatable bonds is 8. The van der Waals surface area contributed by atoms with E-state index in [1.807, 2.05) is 13.8 Å². The predicted octanol–water partition coefficient (Wildman–Crippen LogP) is 4.90. The van der Waals surface area contributed by atoms with Gasteiger partial charge in [0.2, 0.25) is 5.92 Å². The van der Waals surface area contributed by atoms with Crippen LogP contribution in [0.4, 0.5) is 8.78 Å². The minimum atomic E-state index is -2.84. The van der Waals surface area contributed by atoms with Crippen LogP contribution in [0.2, 0.25) is 0 Å². The maximum atomic E-state index is 13.1. The number of aliphatic hydroxyl groups is 1. The summed E-state index contributed by atoms with van der Waals surface area (Å²) in [5.74, 6) is -3.92. The number of hydrogen-bond donors (Lipinski definition) is 1. The number of hydrogen-bond acceptors (Lipinski definition) is 2. The molecule has 1 unspecified atom stereocenters. The Labute approximate surface area is 114 Å². The quantitative estimate of drug-likeness (QED) is 0.506. The summed E-state index contributed by atoms with van der Waals surface area (Å²) in [5.41, 5.74) is 0.241. The summed E-state index contributed by atoms with van der Waals surface area (Å²) in [4.78, 5) is 12.1. The van der Waals surface area contributed by atoms with Crippen LogP contribution in [0, 0.1) is 11.8 Å². The van der Waals surface area contributed by atoms with Crippen molar-refractivity contribution >= 4 is 5.78 Å². The molecule has 0 aromatic rings. The first-order valence-electron chi connectivity index (χ1n) is 6.99. The van der Waals surface area contributed by atoms with Gasteiger partial charge in [0.25, 0.3) is 0 Å². The predicted molar refractivity (Wildman–Crippen MR) is 73.4 cm³/mol. The summed E-state index contributed by atoms with van der Waals surface area (Å²) in [6.07, 6.45) is 1.35. The molecule has 0 saturated carbocycles. The van der Waals surface area contributed by atoms with Crippen molar-refractivity contribution in [3.8, 4) is 0 Å². The fraction of sp³-hybridized carbons (Fsp3) is 0.800. The topological polar surface area (TPSA) is 37.3 Å². The van der Waals surface area contributed by atoms with Gasteiger partial charge in [0.15, 0.2) is 5.78 Å². The Hall–Kier alpha value is -0.930. The average Bonchev–Trinajstić information content (AvgIpc) is 2.34. The van der Waals surface area contributed by atoms with Gasteiger partial charge in [-0.05, 0) is 33.1 Å². The van der Waals surface area contributed by atoms with Crippen LogP contribution in [-0.2, 0) is 4.79 Å². The number of Topliss-reactive ketones (excluding diaryl/α,β-unsaturated/α-hetero) is 1. The van der Waals surface area contributed by atoms with E-state index in [1.165, 1.54) is 6.92 Å². The molecule has 0 bridgehead atoms. The molecular formula is C15H26F2O2. The molecule has 0 aliphatic rings. The number of alkyl halides is 2. The molecule has 0 spiro atoms. The average molecular weight is 276 g/mol. The van der Waals surface area contributed by atoms with E-state index in [-0.39, 0.29) is 23.0 Å². The Morgan fingerprint density at radius 1 is 1.11 bits per heavy atom. The standard InChI is InChI=1S/C15H26F2O2/c1-6-11(7-2)13(18)10(4)14(19)12(8-3)9-15(5,16)17/h11-12,19H,6-9H2,1-5H3. The van der Waals surface area contributed by atoms with E-state index < -0.39 is 18.3 Å². The van der Waals surface area contributed by atoms with Crippen LogP contribution < -0.4 is 0 Å². The van der Waals surface area contributed by atoms with Gasteiger partial charge in [-0.15, -0.1) is 0 Å². The van der Waals surface area contributed by atoms with Crippen molar-refractivity contribution in [1.82, 2.24) is 0 Å². The molecule has 2 nitrogen and oxygen atoms in total. The second-order valence-corrected chi connectivity index (χ2v) is 5.27. The van der Waals surface area contributed by atoms with E-state index in [4.69, 9.17) is 0 Å². The lowest BCUT2D eigenvalue weighted by Gasteiger charge is -2.21. The number of allylic oxidation sites excluding steroid dienone is 2. The number of carbonyl (C=O) groups is 1. The van der Waals surface area contributed by atoms with Crippen molar-refractivity contribution in [2.45, 2.75) is 66.2 Å². The lowest BCUT2D eigenvalue weighted by Crippen LogP contribution is -2.21. The van der Waals surface area contributed by atoms with E-state index in [2.05, 4.69) is 0 Å². The largest absolute Gasteiger partial charge is 0.512 e. The van der Waals surface area contributed by atoms with Gasteiger partial charge in [-0.2, -0.15) is 0 Å². The van der Waals surface area contributed by atoms with Crippen LogP contribution in [0.25, 0.3) is 0 Å². The third kappa shape index (κ3) is 5.70. The zero-order chi connectivity index (χ0) is 15.2. The molecule has 0 saturated heterocycles. The van der Waals surface area contributed by atoms with Crippen molar-refractivity contribution in [2.75, 3.05) is 0 Å². The number of halogens is 2. The molecule has 1 N–H and O–H groups in total. The van der Waals surface area contributed by atoms with Crippen molar-refractivity contribution in [3.63, 3.8) is 0 Å². The minimum Gasteiger partial charge on any atom is -0.512 e. The molecule has 0 fully saturated rings. The van der Waals surface area contributed by atoms with Gasteiger partial charge in [0.1, 0.15) is 5.76 Å². The second-order valence-electron chi connectivity index (χ2n) is 5.27. The molecule has 4 heteroatoms. The van der Waals surface area contributed by atoms with E-state index in [1.54, 1.807) is 6.92 Å². The molecule has 0 aromatic carbocycles. The van der Waals surface area contributed by atoms with Gasteiger partial charge >= 0.3 is 0 Å². The fourth-order valence-electron chi connectivity index (χ4n) is 2.27. The van der Waals surface area contributed by atoms with Gasteiger partial charge in [0, 0.05) is 23.8 Å². The lowest BCUT2D eigenvalue weighted by molar-refractivity contribution is -0.119. The van der Waals surface area contributed by atoms with Crippen LogP contribution in [0.15, 0.2) is 11.3 Å². The van der Waals surface area contributed by atoms with Crippen LogP contribution in [-0.4, -0.2) is 16.8 Å². The van der Waals surface area contributed by atoms with Crippen molar-refractivity contribution in [1.29, 1.82) is 0 Å². The molecule has 112 valence electrons. The Morgan fingerprint density at radius 2 is 1.53 bits per heavy atom. The van der Waals surface area contributed by atoms with Gasteiger partial charge in [-0.1, -0.05) is 20.8 Å². The zero-order valence-electron chi connectivity index (χ0n) is 12.6. The first-order chi connectivity index (χ1) is 8.67. The second kappa shape index (κ2) is 7.61. The molecule has 1 atom stereocenters. The third-order valence-electron chi connectivity index (χ3n) is 3.59. The highest BCUT2D eigenvalue weighted by Gasteiger charge is 2.30. The van der Waals surface area contributed by atoms with Crippen molar-refractivity contribution < 1.29 is 18.7 Å². The first kappa shape index (κ1) is 18.1. The Kier molecular flexibility index (Phi) is 7.24. The van der Waals surface area contributed by atoms with E-state index in [9.17, 15) is 18.7 Å². The summed E-state index contributed by atoms with van der Waals surface area (Å²) >= 11 is 0. The van der Waals surface area contributed by atoms with Gasteiger partial charge < -0.3 is 5.11 Å². The maximum Gasteiger partial charge on any atom is 0.246 e. The van der Waals surface area contributed by atoms with Crippen LogP contribution in [0.5, 0.6) is 0 Å². The number of aliphatic hydroxyl groups excluding tert-OH is 1. The zero-order valence-corrected chi connectivity index (χ0v) is 12.6. The van der Waals surface area contributed by atoms with Crippen molar-refractivity contribution in [2.24, 2.45) is 11.8 Å². The normalized spacial score (nSPS) is 15.4. The third-order valence-corrected chi connectivity index (χ3v) is 3.59. The highest BCUT2D eigenvalue weighted by Crippen LogP contribution is 2.30. The van der Waals surface area contributed by atoms with E-state index in [0.717, 1.165) is 6.92 Å². The van der Waals surface area contributed by atoms with Crippen LogP contribution in [0.1, 0.15) is 60.3 Å². The smallest absolute Gasteiger partial charge is 0.246 e. The molecule has 0 aliphatic heterocycles. The summed E-state index contributed by atoms with van der Waals surface area (Å²) < 4.78 is 26.1. The summed E-state index contributed by atoms with van der Waals surface area (Å²) in [7, 11) is 0. The first-order valence-corrected chi connectivity index (χ1v) is 6.99. The lowest BCUT2D eigenvalue weighted by atomic mass is 9.88. The summed E-state index contributed by atoms with van der Waals surface area (Å²) in [6.45, 7) is 7.93. The molecule has 0 heterocycles. The van der Waals surface area contributed by atoms with Crippen molar-refractivity contribution in [3.05, 3.63) is 11.3 Å². The maximum absolute atomic E-state index is 13.1. The SMILES string of the molecule is CCC(CC)C(=O)C(C)=C(O)C(CC)CC(C)(F)F. The number of ketones is 1. The van der Waals surface area contributed by atoms with Gasteiger partial charge in [0.05, 0.1) is 0 Å². The molecule has 0 amide bonds. The molecule has 19 heavy (non-hydrogen) atoms. The summed E-state index contributed by atoms with van der Waals surface area (Å²) in [5, 5.41) is 10.1. The monoisotopic (exact) mass is 276 g/mol. The summed E-state index contributed by atoms with van der Waals surface area (Å²) in [6, 6.07) is 0. The number of carbonyl (C=O) groups excluding carboxylic acids is 1. The van der Waals surface area contributed by atoms with E-state index >= 15 is 0 Å². The molecular weight excluding hydrogens is 250 g/mol. The van der Waals surface area contributed by atoms with Gasteiger partial charge in [-0.25, -0.2) is 8.78 Å². The minimum absolute atomic E-state index is 0.125. The molecule has 0 aromatic heterocycles. The molecule has 0 aliphatic carbocycles. The van der Waals surface area contributed by atoms with Crippen LogP contribution in [0.3, 0.4) is 0 Å². The Bertz CT molecular complexity index is 326. The highest BCUT2D eigenvalue weighted by atomic mass is 19.3. The Balaban J connectivity index is 5.13. The van der Waals surface area contributed by atoms with E-state index in [0.29, 0.717) is 19.3 Å². The Morgan fingerprint density at radius 3 is 1.84 bits per heavy atom. The highest BCUT2D eigenvalue weighted by molar-refractivity contribution is 5.97. The molecule has 0 rings (SSSR count). The fourth-order valence-corrected chi connectivity index (χ4v) is 2.27. The van der Waals surface area contributed by atoms with Crippen LogP contribution >= 0.6 is 0 Å². The van der Waals surface area contributed by atoms with Gasteiger partial charge in [-0.3, -0.25) is 4.79 Å². The molecule has 0 radical (unpaired) electrons.